The minimum absolute atomic E-state index is 0.00403. The van der Waals surface area contributed by atoms with Crippen molar-refractivity contribution in [2.24, 2.45) is 11.8 Å². The molecular formula is C19H20N4O3. The lowest BCUT2D eigenvalue weighted by atomic mass is 10.2. The summed E-state index contributed by atoms with van der Waals surface area (Å²) < 4.78 is 5.56. The number of hydrogen-bond donors (Lipinski definition) is 2. The van der Waals surface area contributed by atoms with Gasteiger partial charge < -0.3 is 15.4 Å². The maximum Gasteiger partial charge on any atom is 0.257 e. The Labute approximate surface area is 151 Å². The van der Waals surface area contributed by atoms with E-state index in [1.165, 1.54) is 25.2 Å². The van der Waals surface area contributed by atoms with Gasteiger partial charge in [-0.2, -0.15) is 0 Å². The van der Waals surface area contributed by atoms with E-state index in [9.17, 15) is 9.59 Å². The number of pyridine rings is 2. The lowest BCUT2D eigenvalue weighted by Crippen LogP contribution is -2.15. The highest BCUT2D eigenvalue weighted by molar-refractivity contribution is 6.04. The minimum Gasteiger partial charge on any atom is -0.477 e. The van der Waals surface area contributed by atoms with Crippen molar-refractivity contribution in [2.45, 2.75) is 25.7 Å². The van der Waals surface area contributed by atoms with Gasteiger partial charge in [0.2, 0.25) is 11.8 Å². The number of ether oxygens (including phenoxy) is 1. The van der Waals surface area contributed by atoms with E-state index in [0.29, 0.717) is 35.5 Å². The van der Waals surface area contributed by atoms with E-state index >= 15 is 0 Å². The third kappa shape index (κ3) is 4.36. The van der Waals surface area contributed by atoms with E-state index in [-0.39, 0.29) is 17.7 Å². The number of nitrogens with zero attached hydrogens (tertiary/aromatic N) is 2. The molecule has 134 valence electrons. The molecule has 4 rings (SSSR count). The van der Waals surface area contributed by atoms with Crippen molar-refractivity contribution in [3.63, 3.8) is 0 Å². The number of amides is 2. The SMILES string of the molecule is O=C(Nc1ccc(NC(=O)C2CC2)nc1)c1ccc(OCC2CC2)nc1. The first kappa shape index (κ1) is 16.5. The van der Waals surface area contributed by atoms with Crippen LogP contribution in [0.5, 0.6) is 5.88 Å². The molecule has 2 N–H and O–H groups in total. The van der Waals surface area contributed by atoms with E-state index in [1.54, 1.807) is 24.3 Å². The molecule has 26 heavy (non-hydrogen) atoms. The molecule has 0 unspecified atom stereocenters. The Bertz CT molecular complexity index is 797. The van der Waals surface area contributed by atoms with Gasteiger partial charge in [-0.25, -0.2) is 9.97 Å². The van der Waals surface area contributed by atoms with Crippen LogP contribution in [-0.4, -0.2) is 28.4 Å². The fourth-order valence-electron chi connectivity index (χ4n) is 2.41. The topological polar surface area (TPSA) is 93.2 Å². The largest absolute Gasteiger partial charge is 0.477 e. The Morgan fingerprint density at radius 1 is 1.00 bits per heavy atom. The zero-order valence-corrected chi connectivity index (χ0v) is 14.3. The maximum atomic E-state index is 12.3. The molecule has 2 aliphatic rings. The highest BCUT2D eigenvalue weighted by atomic mass is 16.5. The maximum absolute atomic E-state index is 12.3. The van der Waals surface area contributed by atoms with Gasteiger partial charge in [-0.3, -0.25) is 9.59 Å². The zero-order chi connectivity index (χ0) is 17.9. The van der Waals surface area contributed by atoms with Crippen LogP contribution in [0.3, 0.4) is 0 Å². The molecule has 0 bridgehead atoms. The summed E-state index contributed by atoms with van der Waals surface area (Å²) in [5.74, 6) is 1.53. The molecule has 0 spiro atoms. The third-order valence-electron chi connectivity index (χ3n) is 4.38. The van der Waals surface area contributed by atoms with E-state index in [0.717, 1.165) is 12.8 Å². The minimum atomic E-state index is -0.275. The van der Waals surface area contributed by atoms with Crippen LogP contribution in [0.15, 0.2) is 36.7 Å². The quantitative estimate of drug-likeness (QED) is 0.799. The van der Waals surface area contributed by atoms with E-state index < -0.39 is 0 Å². The van der Waals surface area contributed by atoms with Crippen LogP contribution in [0.25, 0.3) is 0 Å². The van der Waals surface area contributed by atoms with Crippen molar-refractivity contribution >= 4 is 23.3 Å². The number of carbonyl (C=O) groups excluding carboxylic acids is 2. The Balaban J connectivity index is 1.30. The van der Waals surface area contributed by atoms with Gasteiger partial charge in [0.1, 0.15) is 5.82 Å². The van der Waals surface area contributed by atoms with E-state index in [4.69, 9.17) is 4.74 Å². The van der Waals surface area contributed by atoms with Gasteiger partial charge in [0.15, 0.2) is 0 Å². The molecule has 2 saturated carbocycles. The molecule has 2 heterocycles. The van der Waals surface area contributed by atoms with E-state index in [1.807, 2.05) is 0 Å². The molecule has 0 aliphatic heterocycles. The molecule has 2 aliphatic carbocycles. The second kappa shape index (κ2) is 7.11. The third-order valence-corrected chi connectivity index (χ3v) is 4.38. The molecule has 2 aromatic rings. The number of nitrogens with one attached hydrogen (secondary N) is 2. The fraction of sp³-hybridized carbons (Fsp3) is 0.368. The van der Waals surface area contributed by atoms with Gasteiger partial charge in [0, 0.05) is 18.2 Å². The van der Waals surface area contributed by atoms with Crippen molar-refractivity contribution in [3.05, 3.63) is 42.2 Å². The van der Waals surface area contributed by atoms with Crippen LogP contribution < -0.4 is 15.4 Å². The van der Waals surface area contributed by atoms with Gasteiger partial charge in [-0.1, -0.05) is 0 Å². The predicted octanol–water partition coefficient (Wildman–Crippen LogP) is 2.87. The second-order valence-corrected chi connectivity index (χ2v) is 6.79. The Hall–Kier alpha value is -2.96. The Kier molecular flexibility index (Phi) is 4.51. The van der Waals surface area contributed by atoms with Crippen molar-refractivity contribution in [1.29, 1.82) is 0 Å². The summed E-state index contributed by atoms with van der Waals surface area (Å²) in [5, 5.41) is 5.52. The molecule has 7 nitrogen and oxygen atoms in total. The van der Waals surface area contributed by atoms with Gasteiger partial charge >= 0.3 is 0 Å². The van der Waals surface area contributed by atoms with Gasteiger partial charge in [-0.15, -0.1) is 0 Å². The average molecular weight is 352 g/mol. The monoisotopic (exact) mass is 352 g/mol. The van der Waals surface area contributed by atoms with Crippen molar-refractivity contribution in [3.8, 4) is 5.88 Å². The fourth-order valence-corrected chi connectivity index (χ4v) is 2.41. The highest BCUT2D eigenvalue weighted by Gasteiger charge is 2.29. The number of aromatic nitrogens is 2. The lowest BCUT2D eigenvalue weighted by Gasteiger charge is -2.08. The van der Waals surface area contributed by atoms with Crippen molar-refractivity contribution in [2.75, 3.05) is 17.2 Å². The van der Waals surface area contributed by atoms with Crippen LogP contribution in [-0.2, 0) is 4.79 Å². The summed E-state index contributed by atoms with van der Waals surface area (Å²) in [4.78, 5) is 32.3. The Morgan fingerprint density at radius 3 is 2.46 bits per heavy atom. The highest BCUT2D eigenvalue weighted by Crippen LogP contribution is 2.30. The Morgan fingerprint density at radius 2 is 1.85 bits per heavy atom. The number of hydrogen-bond acceptors (Lipinski definition) is 5. The first-order valence-electron chi connectivity index (χ1n) is 8.84. The van der Waals surface area contributed by atoms with Crippen LogP contribution in [0.2, 0.25) is 0 Å². The number of anilines is 2. The molecule has 0 radical (unpaired) electrons. The van der Waals surface area contributed by atoms with Crippen molar-refractivity contribution < 1.29 is 14.3 Å². The zero-order valence-electron chi connectivity index (χ0n) is 14.3. The smallest absolute Gasteiger partial charge is 0.257 e. The molecule has 2 aromatic heterocycles. The van der Waals surface area contributed by atoms with Crippen LogP contribution in [0.4, 0.5) is 11.5 Å². The normalized spacial score (nSPS) is 16.0. The molecule has 2 amide bonds. The summed E-state index contributed by atoms with van der Waals surface area (Å²) in [6, 6.07) is 6.76. The van der Waals surface area contributed by atoms with Gasteiger partial charge in [0.25, 0.3) is 5.91 Å². The first-order valence-corrected chi connectivity index (χ1v) is 8.84. The molecule has 0 saturated heterocycles. The molecule has 7 heteroatoms. The van der Waals surface area contributed by atoms with Crippen LogP contribution >= 0.6 is 0 Å². The molecule has 0 atom stereocenters. The summed E-state index contributed by atoms with van der Waals surface area (Å²) >= 11 is 0. The molecular weight excluding hydrogens is 332 g/mol. The molecule has 2 fully saturated rings. The number of rotatable bonds is 7. The summed E-state index contributed by atoms with van der Waals surface area (Å²) in [6.45, 7) is 0.688. The summed E-state index contributed by atoms with van der Waals surface area (Å²) in [5.41, 5.74) is 0.989. The van der Waals surface area contributed by atoms with Crippen molar-refractivity contribution in [1.82, 2.24) is 9.97 Å². The number of carbonyl (C=O) groups is 2. The second-order valence-electron chi connectivity index (χ2n) is 6.79. The summed E-state index contributed by atoms with van der Waals surface area (Å²) in [6.07, 6.45) is 7.34. The lowest BCUT2D eigenvalue weighted by molar-refractivity contribution is -0.117. The average Bonchev–Trinajstić information content (AvgIpc) is 3.56. The van der Waals surface area contributed by atoms with Crippen LogP contribution in [0, 0.1) is 11.8 Å². The molecule has 0 aromatic carbocycles. The van der Waals surface area contributed by atoms with Crippen LogP contribution in [0.1, 0.15) is 36.0 Å². The summed E-state index contributed by atoms with van der Waals surface area (Å²) in [7, 11) is 0. The van der Waals surface area contributed by atoms with E-state index in [2.05, 4.69) is 20.6 Å². The van der Waals surface area contributed by atoms with Gasteiger partial charge in [0.05, 0.1) is 24.1 Å². The predicted molar refractivity (Wildman–Crippen MR) is 96.0 cm³/mol. The standard InChI is InChI=1S/C19H20N4O3/c24-18(13-3-4-13)23-16-7-6-15(10-20-16)22-19(25)14-5-8-17(21-9-14)26-11-12-1-2-12/h5-10,12-13H,1-4,11H2,(H,22,25)(H,20,23,24). The first-order chi connectivity index (χ1) is 12.7. The van der Waals surface area contributed by atoms with Gasteiger partial charge in [-0.05, 0) is 49.8 Å².